The van der Waals surface area contributed by atoms with Gasteiger partial charge in [0.25, 0.3) is 10.0 Å². The van der Waals surface area contributed by atoms with Gasteiger partial charge in [0.05, 0.1) is 17.2 Å². The fourth-order valence-electron chi connectivity index (χ4n) is 1.55. The van der Waals surface area contributed by atoms with E-state index in [-0.39, 0.29) is 15.5 Å². The highest BCUT2D eigenvalue weighted by Crippen LogP contribution is 2.27. The number of benzene rings is 1. The van der Waals surface area contributed by atoms with E-state index in [0.717, 1.165) is 4.47 Å². The monoisotopic (exact) mass is 272 g/mol. The minimum Gasteiger partial charge on any atom is -0.284 e. The quantitative estimate of drug-likeness (QED) is 0.819. The predicted molar refractivity (Wildman–Crippen MR) is 60.6 cm³/mol. The van der Waals surface area contributed by atoms with Crippen LogP contribution in [0, 0.1) is 11.3 Å². The first kappa shape index (κ1) is 12.3. The van der Waals surface area contributed by atoms with Crippen LogP contribution in [0.2, 0.25) is 5.02 Å². The molecule has 0 unspecified atom stereocenters. The van der Waals surface area contributed by atoms with E-state index in [2.05, 4.69) is 0 Å². The van der Waals surface area contributed by atoms with Crippen molar-refractivity contribution in [1.29, 1.82) is 5.26 Å². The summed E-state index contributed by atoms with van der Waals surface area (Å²) in [5.74, 6) is 0. The molecule has 1 aromatic carbocycles. The Kier molecular flexibility index (Phi) is 3.35. The number of hydrogen-bond donors (Lipinski definition) is 0. The standard InChI is InChI=1S/C10H9ClN2O3S/c11-9-3-1-4-10(8(9)7-12)17(14,15)13-5-2-6-16-13/h1,3-4H,2,5-6H2. The van der Waals surface area contributed by atoms with Gasteiger partial charge in [-0.15, -0.1) is 0 Å². The Bertz CT molecular complexity index is 574. The van der Waals surface area contributed by atoms with Crippen molar-refractivity contribution in [2.75, 3.05) is 13.2 Å². The molecule has 1 aliphatic heterocycles. The molecule has 1 heterocycles. The Balaban J connectivity index is 2.54. The lowest BCUT2D eigenvalue weighted by atomic mass is 10.2. The highest BCUT2D eigenvalue weighted by atomic mass is 35.5. The van der Waals surface area contributed by atoms with Gasteiger partial charge < -0.3 is 0 Å². The van der Waals surface area contributed by atoms with Crippen molar-refractivity contribution in [2.24, 2.45) is 0 Å². The van der Waals surface area contributed by atoms with Crippen LogP contribution in [0.3, 0.4) is 0 Å². The topological polar surface area (TPSA) is 70.4 Å². The second-order valence-corrected chi connectivity index (χ2v) is 5.65. The van der Waals surface area contributed by atoms with Crippen LogP contribution in [-0.2, 0) is 14.9 Å². The van der Waals surface area contributed by atoms with Crippen LogP contribution in [0.25, 0.3) is 0 Å². The molecule has 17 heavy (non-hydrogen) atoms. The highest BCUT2D eigenvalue weighted by Gasteiger charge is 2.31. The number of sulfonamides is 1. The van der Waals surface area contributed by atoms with E-state index in [1.165, 1.54) is 18.2 Å². The molecule has 5 nitrogen and oxygen atoms in total. The van der Waals surface area contributed by atoms with Crippen LogP contribution in [0.4, 0.5) is 0 Å². The zero-order valence-electron chi connectivity index (χ0n) is 8.76. The molecule has 0 amide bonds. The summed E-state index contributed by atoms with van der Waals surface area (Å²) in [7, 11) is -3.80. The zero-order valence-corrected chi connectivity index (χ0v) is 10.3. The van der Waals surface area contributed by atoms with Crippen molar-refractivity contribution in [3.8, 4) is 6.07 Å². The third-order valence-electron chi connectivity index (χ3n) is 2.35. The Morgan fingerprint density at radius 1 is 1.47 bits per heavy atom. The molecule has 1 aliphatic rings. The molecule has 0 N–H and O–H groups in total. The minimum atomic E-state index is -3.80. The van der Waals surface area contributed by atoms with Crippen LogP contribution in [0.5, 0.6) is 0 Å². The largest absolute Gasteiger partial charge is 0.284 e. The number of rotatable bonds is 2. The number of halogens is 1. The molecule has 2 rings (SSSR count). The molecule has 0 saturated carbocycles. The van der Waals surface area contributed by atoms with E-state index in [0.29, 0.717) is 19.6 Å². The molecule has 1 saturated heterocycles. The summed E-state index contributed by atoms with van der Waals surface area (Å²) in [6.07, 6.45) is 0.641. The number of hydroxylamine groups is 1. The molecule has 0 aliphatic carbocycles. The Morgan fingerprint density at radius 3 is 2.82 bits per heavy atom. The molecule has 0 atom stereocenters. The van der Waals surface area contributed by atoms with Gasteiger partial charge in [0.1, 0.15) is 11.0 Å². The normalized spacial score (nSPS) is 16.9. The van der Waals surface area contributed by atoms with Gasteiger partial charge in [0.2, 0.25) is 0 Å². The first-order valence-electron chi connectivity index (χ1n) is 4.91. The second kappa shape index (κ2) is 4.63. The predicted octanol–water partition coefficient (Wildman–Crippen LogP) is 1.54. The smallest absolute Gasteiger partial charge is 0.266 e. The van der Waals surface area contributed by atoms with E-state index < -0.39 is 10.0 Å². The first-order chi connectivity index (χ1) is 8.07. The van der Waals surface area contributed by atoms with Crippen molar-refractivity contribution < 1.29 is 13.3 Å². The molecule has 0 spiro atoms. The summed E-state index contributed by atoms with van der Waals surface area (Å²) in [5.41, 5.74) is -0.0512. The molecular formula is C10H9ClN2O3S. The lowest BCUT2D eigenvalue weighted by Crippen LogP contribution is -2.27. The van der Waals surface area contributed by atoms with Gasteiger partial charge in [0, 0.05) is 6.54 Å². The summed E-state index contributed by atoms with van der Waals surface area (Å²) in [5, 5.41) is 9.07. The number of nitrogens with zero attached hydrogens (tertiary/aromatic N) is 2. The summed E-state index contributed by atoms with van der Waals surface area (Å²) in [4.78, 5) is 4.89. The van der Waals surface area contributed by atoms with Crippen molar-refractivity contribution in [3.63, 3.8) is 0 Å². The van der Waals surface area contributed by atoms with Gasteiger partial charge in [-0.3, -0.25) is 4.84 Å². The van der Waals surface area contributed by atoms with Gasteiger partial charge in [0.15, 0.2) is 0 Å². The fraction of sp³-hybridized carbons (Fsp3) is 0.300. The van der Waals surface area contributed by atoms with E-state index in [9.17, 15) is 8.42 Å². The summed E-state index contributed by atoms with van der Waals surface area (Å²) in [6, 6.07) is 6.12. The molecular weight excluding hydrogens is 264 g/mol. The maximum absolute atomic E-state index is 12.2. The van der Waals surface area contributed by atoms with Gasteiger partial charge in [-0.2, -0.15) is 5.26 Å². The van der Waals surface area contributed by atoms with E-state index in [4.69, 9.17) is 21.7 Å². The summed E-state index contributed by atoms with van der Waals surface area (Å²) >= 11 is 5.80. The Hall–Kier alpha value is -1.13. The van der Waals surface area contributed by atoms with Gasteiger partial charge in [-0.1, -0.05) is 22.1 Å². The van der Waals surface area contributed by atoms with Gasteiger partial charge in [-0.05, 0) is 18.6 Å². The molecule has 90 valence electrons. The Morgan fingerprint density at radius 2 is 2.24 bits per heavy atom. The summed E-state index contributed by atoms with van der Waals surface area (Å²) < 4.78 is 25.2. The third-order valence-corrected chi connectivity index (χ3v) is 4.39. The average molecular weight is 273 g/mol. The third kappa shape index (κ3) is 2.15. The molecule has 0 radical (unpaired) electrons. The second-order valence-electron chi connectivity index (χ2n) is 3.44. The number of hydrogen-bond acceptors (Lipinski definition) is 4. The molecule has 1 aromatic rings. The highest BCUT2D eigenvalue weighted by molar-refractivity contribution is 7.89. The molecule has 1 fully saturated rings. The lowest BCUT2D eigenvalue weighted by molar-refractivity contribution is -0.0284. The van der Waals surface area contributed by atoms with Crippen molar-refractivity contribution in [3.05, 3.63) is 28.8 Å². The SMILES string of the molecule is N#Cc1c(Cl)cccc1S(=O)(=O)N1CCCO1. The zero-order chi connectivity index (χ0) is 12.5. The van der Waals surface area contributed by atoms with E-state index >= 15 is 0 Å². The fourth-order valence-corrected chi connectivity index (χ4v) is 3.29. The van der Waals surface area contributed by atoms with Crippen molar-refractivity contribution in [2.45, 2.75) is 11.3 Å². The van der Waals surface area contributed by atoms with Crippen molar-refractivity contribution in [1.82, 2.24) is 4.47 Å². The summed E-state index contributed by atoms with van der Waals surface area (Å²) in [6.45, 7) is 0.654. The van der Waals surface area contributed by atoms with Crippen LogP contribution >= 0.6 is 11.6 Å². The van der Waals surface area contributed by atoms with E-state index in [1.54, 1.807) is 6.07 Å². The van der Waals surface area contributed by atoms with Crippen LogP contribution in [-0.4, -0.2) is 26.0 Å². The van der Waals surface area contributed by atoms with Crippen LogP contribution < -0.4 is 0 Å². The lowest BCUT2D eigenvalue weighted by Gasteiger charge is -2.15. The minimum absolute atomic E-state index is 0.0512. The average Bonchev–Trinajstić information content (AvgIpc) is 2.82. The Labute approximate surface area is 104 Å². The maximum atomic E-state index is 12.2. The van der Waals surface area contributed by atoms with Gasteiger partial charge >= 0.3 is 0 Å². The van der Waals surface area contributed by atoms with Gasteiger partial charge in [-0.25, -0.2) is 8.42 Å². The van der Waals surface area contributed by atoms with Crippen LogP contribution in [0.1, 0.15) is 12.0 Å². The van der Waals surface area contributed by atoms with Crippen LogP contribution in [0.15, 0.2) is 23.1 Å². The van der Waals surface area contributed by atoms with E-state index in [1.807, 2.05) is 0 Å². The maximum Gasteiger partial charge on any atom is 0.266 e. The molecule has 0 aromatic heterocycles. The van der Waals surface area contributed by atoms with Crippen molar-refractivity contribution >= 4 is 21.6 Å². The molecule has 0 bridgehead atoms. The number of nitriles is 1. The molecule has 7 heteroatoms. The first-order valence-corrected chi connectivity index (χ1v) is 6.73.